The fourth-order valence-electron chi connectivity index (χ4n) is 1.70. The van der Waals surface area contributed by atoms with Crippen LogP contribution in [0.15, 0.2) is 55.1 Å². The summed E-state index contributed by atoms with van der Waals surface area (Å²) in [6, 6.07) is 9.77. The maximum Gasteiger partial charge on any atom is 0.130 e. The van der Waals surface area contributed by atoms with Gasteiger partial charge in [-0.15, -0.1) is 6.58 Å². The monoisotopic (exact) mass is 274 g/mol. The van der Waals surface area contributed by atoms with E-state index in [9.17, 15) is 9.90 Å². The van der Waals surface area contributed by atoms with Crippen LogP contribution in [0.1, 0.15) is 25.3 Å². The molecule has 1 aromatic carbocycles. The van der Waals surface area contributed by atoms with Crippen LogP contribution >= 0.6 is 0 Å². The number of hydrogen-bond donors (Lipinski definition) is 1. The summed E-state index contributed by atoms with van der Waals surface area (Å²) in [6.07, 6.45) is 4.96. The van der Waals surface area contributed by atoms with Gasteiger partial charge in [0.05, 0.1) is 6.61 Å². The average molecular weight is 274 g/mol. The molecule has 1 rings (SSSR count). The number of aliphatic hydroxyl groups is 1. The Morgan fingerprint density at radius 2 is 2.10 bits per heavy atom. The molecule has 0 heterocycles. The first-order valence-electron chi connectivity index (χ1n) is 6.75. The van der Waals surface area contributed by atoms with E-state index >= 15 is 0 Å². The molecular weight excluding hydrogens is 252 g/mol. The molecule has 2 atom stereocenters. The largest absolute Gasteiger partial charge is 0.386 e. The lowest BCUT2D eigenvalue weighted by Crippen LogP contribution is -2.24. The Balaban J connectivity index is 2.40. The molecule has 1 aromatic rings. The predicted octanol–water partition coefficient (Wildman–Crippen LogP) is 3.04. The highest BCUT2D eigenvalue weighted by Crippen LogP contribution is 2.09. The molecule has 0 aromatic heterocycles. The zero-order valence-electron chi connectivity index (χ0n) is 11.9. The van der Waals surface area contributed by atoms with Gasteiger partial charge in [-0.05, 0) is 18.9 Å². The van der Waals surface area contributed by atoms with Crippen molar-refractivity contribution in [3.8, 4) is 0 Å². The fraction of sp³-hybridized carbons (Fsp3) is 0.353. The average Bonchev–Trinajstić information content (AvgIpc) is 2.45. The van der Waals surface area contributed by atoms with Gasteiger partial charge in [-0.2, -0.15) is 0 Å². The zero-order chi connectivity index (χ0) is 14.8. The van der Waals surface area contributed by atoms with Gasteiger partial charge in [-0.25, -0.2) is 0 Å². The highest BCUT2D eigenvalue weighted by atomic mass is 16.5. The van der Waals surface area contributed by atoms with Crippen molar-refractivity contribution in [1.82, 2.24) is 0 Å². The van der Waals surface area contributed by atoms with Crippen molar-refractivity contribution >= 4 is 5.78 Å². The van der Waals surface area contributed by atoms with Gasteiger partial charge in [-0.1, -0.05) is 48.6 Å². The van der Waals surface area contributed by atoms with Crippen LogP contribution in [0, 0.1) is 0 Å². The third-order valence-corrected chi connectivity index (χ3v) is 2.85. The summed E-state index contributed by atoms with van der Waals surface area (Å²) in [6.45, 7) is 5.66. The van der Waals surface area contributed by atoms with Gasteiger partial charge in [0, 0.05) is 6.42 Å². The van der Waals surface area contributed by atoms with E-state index in [1.165, 1.54) is 0 Å². The Morgan fingerprint density at radius 1 is 1.40 bits per heavy atom. The smallest absolute Gasteiger partial charge is 0.130 e. The third-order valence-electron chi connectivity index (χ3n) is 2.85. The number of carbonyl (C=O) groups excluding carboxylic acids is 1. The Kier molecular flexibility index (Phi) is 7.55. The second-order valence-corrected chi connectivity index (χ2v) is 4.66. The molecule has 108 valence electrons. The molecule has 3 nitrogen and oxygen atoms in total. The first-order valence-corrected chi connectivity index (χ1v) is 6.75. The summed E-state index contributed by atoms with van der Waals surface area (Å²) >= 11 is 0. The van der Waals surface area contributed by atoms with Crippen LogP contribution in [0.3, 0.4) is 0 Å². The van der Waals surface area contributed by atoms with Crippen molar-refractivity contribution < 1.29 is 14.6 Å². The number of ketones is 1. The van der Waals surface area contributed by atoms with Gasteiger partial charge in [0.1, 0.15) is 18.0 Å². The van der Waals surface area contributed by atoms with E-state index in [-0.39, 0.29) is 5.78 Å². The van der Waals surface area contributed by atoms with E-state index in [1.54, 1.807) is 25.2 Å². The summed E-state index contributed by atoms with van der Waals surface area (Å²) in [5.41, 5.74) is 1.05. The van der Waals surface area contributed by atoms with Crippen LogP contribution < -0.4 is 0 Å². The molecule has 0 aliphatic carbocycles. The lowest BCUT2D eigenvalue weighted by molar-refractivity contribution is -0.116. The quantitative estimate of drug-likeness (QED) is 0.704. The van der Waals surface area contributed by atoms with Crippen LogP contribution in [0.5, 0.6) is 0 Å². The van der Waals surface area contributed by atoms with Crippen molar-refractivity contribution in [3.05, 3.63) is 60.7 Å². The molecule has 0 fully saturated rings. The summed E-state index contributed by atoms with van der Waals surface area (Å²) in [5.74, 6) is 0.143. The highest BCUT2D eigenvalue weighted by Gasteiger charge is 2.13. The van der Waals surface area contributed by atoms with Crippen LogP contribution in [0.4, 0.5) is 0 Å². The molecule has 0 unspecified atom stereocenters. The van der Waals surface area contributed by atoms with Gasteiger partial charge in [0.2, 0.25) is 0 Å². The molecule has 0 saturated carbocycles. The minimum atomic E-state index is -0.747. The van der Waals surface area contributed by atoms with Crippen LogP contribution in [0.2, 0.25) is 0 Å². The number of aliphatic hydroxyl groups excluding tert-OH is 1. The first-order chi connectivity index (χ1) is 9.63. The Hall–Kier alpha value is -1.71. The van der Waals surface area contributed by atoms with E-state index in [4.69, 9.17) is 4.74 Å². The van der Waals surface area contributed by atoms with Crippen molar-refractivity contribution in [2.45, 2.75) is 38.6 Å². The number of benzene rings is 1. The minimum Gasteiger partial charge on any atom is -0.386 e. The number of rotatable bonds is 9. The number of carbonyl (C=O) groups is 1. The van der Waals surface area contributed by atoms with Crippen LogP contribution in [-0.2, 0) is 16.1 Å². The first kappa shape index (κ1) is 16.3. The Labute approximate surface area is 120 Å². The summed E-state index contributed by atoms with van der Waals surface area (Å²) in [4.78, 5) is 10.8. The van der Waals surface area contributed by atoms with Gasteiger partial charge >= 0.3 is 0 Å². The van der Waals surface area contributed by atoms with E-state index in [0.717, 1.165) is 5.56 Å². The van der Waals surface area contributed by atoms with Crippen molar-refractivity contribution in [2.75, 3.05) is 0 Å². The van der Waals surface area contributed by atoms with Gasteiger partial charge < -0.3 is 14.6 Å². The number of ether oxygens (including phenoxy) is 1. The van der Waals surface area contributed by atoms with E-state index in [2.05, 4.69) is 6.58 Å². The van der Waals surface area contributed by atoms with E-state index in [1.807, 2.05) is 30.3 Å². The maximum atomic E-state index is 10.8. The standard InChI is InChI=1S/C17H22O3/c1-3-17(16(19)12-8-7-9-14(2)18)20-13-15-10-5-4-6-11-15/h3-6,8,10-12,16-17,19H,1,7,9,13H2,2H3/b12-8-/t16-,17+/m1/s1. The Bertz CT molecular complexity index is 437. The zero-order valence-corrected chi connectivity index (χ0v) is 11.9. The van der Waals surface area contributed by atoms with Crippen molar-refractivity contribution in [1.29, 1.82) is 0 Å². The molecule has 0 amide bonds. The Morgan fingerprint density at radius 3 is 2.70 bits per heavy atom. The van der Waals surface area contributed by atoms with Crippen molar-refractivity contribution in [2.24, 2.45) is 0 Å². The maximum absolute atomic E-state index is 10.8. The van der Waals surface area contributed by atoms with Gasteiger partial charge in [0.15, 0.2) is 0 Å². The molecule has 0 radical (unpaired) electrons. The van der Waals surface area contributed by atoms with Crippen LogP contribution in [-0.4, -0.2) is 23.1 Å². The summed E-state index contributed by atoms with van der Waals surface area (Å²) in [7, 11) is 0. The number of allylic oxidation sites excluding steroid dienone is 1. The molecule has 3 heteroatoms. The fourth-order valence-corrected chi connectivity index (χ4v) is 1.70. The lowest BCUT2D eigenvalue weighted by atomic mass is 10.1. The molecule has 0 aliphatic rings. The number of hydrogen-bond acceptors (Lipinski definition) is 3. The highest BCUT2D eigenvalue weighted by molar-refractivity contribution is 5.75. The second-order valence-electron chi connectivity index (χ2n) is 4.66. The van der Waals surface area contributed by atoms with Gasteiger partial charge in [0.25, 0.3) is 0 Å². The molecule has 0 bridgehead atoms. The lowest BCUT2D eigenvalue weighted by Gasteiger charge is -2.17. The molecule has 1 N–H and O–H groups in total. The minimum absolute atomic E-state index is 0.143. The molecule has 0 spiro atoms. The second kappa shape index (κ2) is 9.23. The third kappa shape index (κ3) is 6.45. The van der Waals surface area contributed by atoms with E-state index in [0.29, 0.717) is 19.4 Å². The normalized spacial score (nSPS) is 14.1. The topological polar surface area (TPSA) is 46.5 Å². The van der Waals surface area contributed by atoms with E-state index < -0.39 is 12.2 Å². The molecule has 0 saturated heterocycles. The molecule has 20 heavy (non-hydrogen) atoms. The summed E-state index contributed by atoms with van der Waals surface area (Å²) < 4.78 is 5.63. The van der Waals surface area contributed by atoms with Crippen LogP contribution in [0.25, 0.3) is 0 Å². The molecular formula is C17H22O3. The predicted molar refractivity (Wildman–Crippen MR) is 80.3 cm³/mol. The number of Topliss-reactive ketones (excluding diaryl/α,β-unsaturated/α-hetero) is 1. The van der Waals surface area contributed by atoms with Gasteiger partial charge in [-0.3, -0.25) is 0 Å². The summed E-state index contributed by atoms with van der Waals surface area (Å²) in [5, 5.41) is 9.98. The van der Waals surface area contributed by atoms with Crippen molar-refractivity contribution in [3.63, 3.8) is 0 Å². The molecule has 0 aliphatic heterocycles. The SMILES string of the molecule is C=C[C@H](OCc1ccccc1)[C@H](O)/C=C\CCC(C)=O.